The molecule has 0 aromatic heterocycles. The second-order valence-electron chi connectivity index (χ2n) is 4.58. The number of anilines is 1. The molecule has 9 heteroatoms. The highest BCUT2D eigenvalue weighted by molar-refractivity contribution is 9.10. The monoisotopic (exact) mass is 409 g/mol. The summed E-state index contributed by atoms with van der Waals surface area (Å²) in [6, 6.07) is 8.95. The van der Waals surface area contributed by atoms with E-state index < -0.39 is 22.1 Å². The Morgan fingerprint density at radius 2 is 1.70 bits per heavy atom. The number of rotatable bonds is 4. The van der Waals surface area contributed by atoms with Gasteiger partial charge in [-0.2, -0.15) is 0 Å². The van der Waals surface area contributed by atoms with Crippen molar-refractivity contribution in [3.63, 3.8) is 0 Å². The van der Waals surface area contributed by atoms with Crippen LogP contribution >= 0.6 is 15.9 Å². The summed E-state index contributed by atoms with van der Waals surface area (Å²) < 4.78 is 67.6. The predicted molar refractivity (Wildman–Crippen MR) is 82.8 cm³/mol. The van der Waals surface area contributed by atoms with E-state index in [2.05, 4.69) is 25.4 Å². The van der Waals surface area contributed by atoms with Crippen molar-refractivity contribution in [3.8, 4) is 5.75 Å². The maximum Gasteiger partial charge on any atom is 0.573 e. The van der Waals surface area contributed by atoms with E-state index in [1.165, 1.54) is 0 Å². The van der Waals surface area contributed by atoms with Crippen molar-refractivity contribution >= 4 is 31.6 Å². The third-order valence-electron chi connectivity index (χ3n) is 2.80. The Morgan fingerprint density at radius 1 is 1.09 bits per heavy atom. The lowest BCUT2D eigenvalue weighted by Crippen LogP contribution is -2.17. The van der Waals surface area contributed by atoms with Crippen LogP contribution in [0.4, 0.5) is 18.9 Å². The van der Waals surface area contributed by atoms with Crippen LogP contribution in [0, 0.1) is 6.92 Å². The molecule has 124 valence electrons. The molecule has 1 N–H and O–H groups in total. The summed E-state index contributed by atoms with van der Waals surface area (Å²) >= 11 is 3.27. The van der Waals surface area contributed by atoms with E-state index in [0.717, 1.165) is 28.7 Å². The zero-order valence-corrected chi connectivity index (χ0v) is 14.1. The molecule has 0 fully saturated rings. The summed E-state index contributed by atoms with van der Waals surface area (Å²) in [4.78, 5) is -0.172. The number of hydrogen-bond donors (Lipinski definition) is 1. The molecular weight excluding hydrogens is 399 g/mol. The van der Waals surface area contributed by atoms with Crippen LogP contribution in [-0.2, 0) is 10.0 Å². The van der Waals surface area contributed by atoms with E-state index in [1.54, 1.807) is 25.1 Å². The average molecular weight is 410 g/mol. The summed E-state index contributed by atoms with van der Waals surface area (Å²) in [6.07, 6.45) is -4.83. The first kappa shape index (κ1) is 17.6. The highest BCUT2D eigenvalue weighted by Crippen LogP contribution is 2.26. The number of ether oxygens (including phenoxy) is 1. The van der Waals surface area contributed by atoms with Crippen molar-refractivity contribution in [1.29, 1.82) is 0 Å². The zero-order valence-electron chi connectivity index (χ0n) is 11.7. The molecule has 0 spiro atoms. The molecule has 0 saturated carbocycles. The van der Waals surface area contributed by atoms with Crippen LogP contribution in [0.2, 0.25) is 0 Å². The molecule has 0 bridgehead atoms. The van der Waals surface area contributed by atoms with Crippen molar-refractivity contribution in [3.05, 3.63) is 52.5 Å². The third-order valence-corrected chi connectivity index (χ3v) is 4.68. The van der Waals surface area contributed by atoms with Gasteiger partial charge in [-0.15, -0.1) is 13.2 Å². The van der Waals surface area contributed by atoms with E-state index in [1.807, 2.05) is 0 Å². The van der Waals surface area contributed by atoms with Gasteiger partial charge < -0.3 is 4.74 Å². The summed E-state index contributed by atoms with van der Waals surface area (Å²) in [5, 5.41) is 0. The Balaban J connectivity index is 2.22. The maximum atomic E-state index is 12.2. The van der Waals surface area contributed by atoms with Crippen LogP contribution < -0.4 is 9.46 Å². The second kappa shape index (κ2) is 6.40. The Labute approximate surface area is 139 Å². The number of halogens is 4. The molecule has 4 nitrogen and oxygen atoms in total. The number of aryl methyl sites for hydroxylation is 1. The average Bonchev–Trinajstić information content (AvgIpc) is 2.41. The molecule has 0 heterocycles. The minimum Gasteiger partial charge on any atom is -0.406 e. The molecule has 2 rings (SSSR count). The van der Waals surface area contributed by atoms with Crippen molar-refractivity contribution in [2.45, 2.75) is 18.2 Å². The first-order valence-corrected chi connectivity index (χ1v) is 8.49. The van der Waals surface area contributed by atoms with Crippen LogP contribution in [0.3, 0.4) is 0 Å². The van der Waals surface area contributed by atoms with Gasteiger partial charge in [0.2, 0.25) is 0 Å². The molecule has 0 radical (unpaired) electrons. The van der Waals surface area contributed by atoms with Crippen molar-refractivity contribution in [1.82, 2.24) is 0 Å². The topological polar surface area (TPSA) is 55.4 Å². The van der Waals surface area contributed by atoms with Gasteiger partial charge in [0.15, 0.2) is 0 Å². The van der Waals surface area contributed by atoms with Gasteiger partial charge in [-0.25, -0.2) is 8.42 Å². The van der Waals surface area contributed by atoms with E-state index in [9.17, 15) is 21.6 Å². The summed E-state index contributed by atoms with van der Waals surface area (Å²) in [5.74, 6) is -0.490. The molecule has 23 heavy (non-hydrogen) atoms. The Bertz CT molecular complexity index is 805. The molecule has 0 aliphatic rings. The molecular formula is C14H11BrF3NO3S. The van der Waals surface area contributed by atoms with Gasteiger partial charge in [-0.1, -0.05) is 15.9 Å². The van der Waals surface area contributed by atoms with E-state index in [0.29, 0.717) is 11.3 Å². The van der Waals surface area contributed by atoms with Gasteiger partial charge in [0.1, 0.15) is 5.75 Å². The van der Waals surface area contributed by atoms with Crippen LogP contribution in [0.5, 0.6) is 5.75 Å². The highest BCUT2D eigenvalue weighted by Gasteiger charge is 2.31. The standard InChI is InChI=1S/C14H11BrF3NO3S/c1-9-8-10(15)2-7-13(9)19-23(20,21)12-5-3-11(4-6-12)22-14(16,17)18/h2-8,19H,1H3. The molecule has 0 atom stereocenters. The van der Waals surface area contributed by atoms with Gasteiger partial charge in [0, 0.05) is 4.47 Å². The lowest BCUT2D eigenvalue weighted by atomic mass is 10.2. The zero-order chi connectivity index (χ0) is 17.3. The first-order valence-electron chi connectivity index (χ1n) is 6.22. The van der Waals surface area contributed by atoms with Gasteiger partial charge in [0.05, 0.1) is 10.6 Å². The molecule has 0 saturated heterocycles. The van der Waals surface area contributed by atoms with E-state index >= 15 is 0 Å². The number of alkyl halides is 3. The number of hydrogen-bond acceptors (Lipinski definition) is 3. The number of sulfonamides is 1. The SMILES string of the molecule is Cc1cc(Br)ccc1NS(=O)(=O)c1ccc(OC(F)(F)F)cc1. The maximum absolute atomic E-state index is 12.2. The van der Waals surface area contributed by atoms with E-state index in [4.69, 9.17) is 0 Å². The number of nitrogens with one attached hydrogen (secondary N) is 1. The summed E-state index contributed by atoms with van der Waals surface area (Å²) in [5.41, 5.74) is 1.07. The quantitative estimate of drug-likeness (QED) is 0.810. The highest BCUT2D eigenvalue weighted by atomic mass is 79.9. The van der Waals surface area contributed by atoms with Crippen LogP contribution in [0.1, 0.15) is 5.56 Å². The number of benzene rings is 2. The summed E-state index contributed by atoms with van der Waals surface area (Å²) in [6.45, 7) is 1.73. The molecule has 2 aromatic rings. The minimum absolute atomic E-state index is 0.172. The van der Waals surface area contributed by atoms with Crippen molar-refractivity contribution < 1.29 is 26.3 Å². The lowest BCUT2D eigenvalue weighted by Gasteiger charge is -2.12. The fraction of sp³-hybridized carbons (Fsp3) is 0.143. The Morgan fingerprint density at radius 3 is 2.22 bits per heavy atom. The minimum atomic E-state index is -4.83. The fourth-order valence-electron chi connectivity index (χ4n) is 1.77. The van der Waals surface area contributed by atoms with Gasteiger partial charge >= 0.3 is 6.36 Å². The smallest absolute Gasteiger partial charge is 0.406 e. The van der Waals surface area contributed by atoms with E-state index in [-0.39, 0.29) is 4.90 Å². The van der Waals surface area contributed by atoms with Gasteiger partial charge in [-0.3, -0.25) is 4.72 Å². The van der Waals surface area contributed by atoms with Crippen molar-refractivity contribution in [2.24, 2.45) is 0 Å². The largest absolute Gasteiger partial charge is 0.573 e. The molecule has 0 aliphatic heterocycles. The molecule has 0 unspecified atom stereocenters. The lowest BCUT2D eigenvalue weighted by molar-refractivity contribution is -0.274. The van der Waals surface area contributed by atoms with Crippen LogP contribution in [-0.4, -0.2) is 14.8 Å². The fourth-order valence-corrected chi connectivity index (χ4v) is 3.37. The van der Waals surface area contributed by atoms with Crippen LogP contribution in [0.25, 0.3) is 0 Å². The Kier molecular flexibility index (Phi) is 4.90. The van der Waals surface area contributed by atoms with Crippen LogP contribution in [0.15, 0.2) is 51.8 Å². The Hall–Kier alpha value is -1.74. The van der Waals surface area contributed by atoms with Crippen molar-refractivity contribution in [2.75, 3.05) is 4.72 Å². The molecule has 0 aliphatic carbocycles. The second-order valence-corrected chi connectivity index (χ2v) is 7.18. The molecule has 2 aromatic carbocycles. The van der Waals surface area contributed by atoms with Gasteiger partial charge in [-0.05, 0) is 55.0 Å². The summed E-state index contributed by atoms with van der Waals surface area (Å²) in [7, 11) is -3.91. The molecule has 0 amide bonds. The predicted octanol–water partition coefficient (Wildman–Crippen LogP) is 4.46. The third kappa shape index (κ3) is 4.87. The van der Waals surface area contributed by atoms with Gasteiger partial charge in [0.25, 0.3) is 10.0 Å². The first-order chi connectivity index (χ1) is 10.6. The normalized spacial score (nSPS) is 12.0.